The van der Waals surface area contributed by atoms with Gasteiger partial charge in [0.05, 0.1) is 11.2 Å². The van der Waals surface area contributed by atoms with Crippen LogP contribution in [0, 0.1) is 0 Å². The van der Waals surface area contributed by atoms with Crippen LogP contribution in [-0.2, 0) is 4.74 Å². The molecule has 5 heteroatoms. The Morgan fingerprint density at radius 2 is 1.94 bits per heavy atom. The van der Waals surface area contributed by atoms with Crippen LogP contribution in [0.4, 0.5) is 5.82 Å². The second kappa shape index (κ2) is 4.14. The predicted octanol–water partition coefficient (Wildman–Crippen LogP) is 2.50. The van der Waals surface area contributed by atoms with Crippen molar-refractivity contribution in [3.05, 3.63) is 12.4 Å². The van der Waals surface area contributed by atoms with Crippen LogP contribution < -0.4 is 5.73 Å². The highest BCUT2D eigenvalue weighted by molar-refractivity contribution is 8.00. The lowest BCUT2D eigenvalue weighted by Crippen LogP contribution is -2.31. The lowest BCUT2D eigenvalue weighted by Gasteiger charge is -2.26. The van der Waals surface area contributed by atoms with Crippen LogP contribution in [0.1, 0.15) is 34.1 Å². The van der Waals surface area contributed by atoms with Gasteiger partial charge in [0.15, 0.2) is 5.82 Å². The van der Waals surface area contributed by atoms with Gasteiger partial charge >= 0.3 is 0 Å². The summed E-state index contributed by atoms with van der Waals surface area (Å²) < 4.78 is 6.05. The summed E-state index contributed by atoms with van der Waals surface area (Å²) in [4.78, 5) is 8.33. The van der Waals surface area contributed by atoms with Crippen LogP contribution >= 0.6 is 11.8 Å². The summed E-state index contributed by atoms with van der Waals surface area (Å²) in [6.45, 7) is 8.47. The molecule has 2 heterocycles. The third-order valence-electron chi connectivity index (χ3n) is 2.94. The maximum absolute atomic E-state index is 6.05. The van der Waals surface area contributed by atoms with E-state index in [4.69, 9.17) is 10.5 Å². The Morgan fingerprint density at radius 1 is 1.29 bits per heavy atom. The number of hydrogen-bond donors (Lipinski definition) is 1. The van der Waals surface area contributed by atoms with Crippen LogP contribution in [0.25, 0.3) is 0 Å². The van der Waals surface area contributed by atoms with E-state index >= 15 is 0 Å². The number of ether oxygens (including phenoxy) is 1. The molecule has 2 rings (SSSR count). The standard InChI is InChI=1S/C12H19N3OS/c1-11(2)7-8(12(3,4)16-11)17-10-9(13)14-5-6-15-10/h5-6,8H,7H2,1-4H3,(H2,13,14). The first-order chi connectivity index (χ1) is 7.80. The van der Waals surface area contributed by atoms with Crippen LogP contribution in [0.3, 0.4) is 0 Å². The molecule has 0 bridgehead atoms. The zero-order chi connectivity index (χ0) is 12.7. The van der Waals surface area contributed by atoms with Crippen molar-refractivity contribution in [2.24, 2.45) is 0 Å². The molecule has 1 aromatic heterocycles. The first-order valence-corrected chi connectivity index (χ1v) is 6.61. The van der Waals surface area contributed by atoms with E-state index in [2.05, 4.69) is 37.7 Å². The van der Waals surface area contributed by atoms with Gasteiger partial charge in [0, 0.05) is 17.6 Å². The lowest BCUT2D eigenvalue weighted by molar-refractivity contribution is -0.0631. The maximum Gasteiger partial charge on any atom is 0.156 e. The van der Waals surface area contributed by atoms with Gasteiger partial charge < -0.3 is 10.5 Å². The molecule has 1 aliphatic heterocycles. The Bertz CT molecular complexity index is 420. The molecule has 1 atom stereocenters. The smallest absolute Gasteiger partial charge is 0.156 e. The van der Waals surface area contributed by atoms with Crippen molar-refractivity contribution in [1.29, 1.82) is 0 Å². The summed E-state index contributed by atoms with van der Waals surface area (Å²) in [6.07, 6.45) is 4.27. The number of nitrogens with two attached hydrogens (primary N) is 1. The molecule has 1 unspecified atom stereocenters. The van der Waals surface area contributed by atoms with Crippen molar-refractivity contribution in [3.8, 4) is 0 Å². The fourth-order valence-corrected chi connectivity index (χ4v) is 3.64. The van der Waals surface area contributed by atoms with E-state index in [0.717, 1.165) is 11.4 Å². The van der Waals surface area contributed by atoms with E-state index in [-0.39, 0.29) is 11.2 Å². The van der Waals surface area contributed by atoms with Crippen LogP contribution in [0.5, 0.6) is 0 Å². The Kier molecular flexibility index (Phi) is 3.08. The molecule has 17 heavy (non-hydrogen) atoms. The van der Waals surface area contributed by atoms with E-state index in [1.807, 2.05) is 0 Å². The first kappa shape index (κ1) is 12.6. The summed E-state index contributed by atoms with van der Waals surface area (Å²) in [5.41, 5.74) is 5.57. The van der Waals surface area contributed by atoms with Gasteiger partial charge in [-0.25, -0.2) is 9.97 Å². The minimum Gasteiger partial charge on any atom is -0.381 e. The molecule has 94 valence electrons. The number of aromatic nitrogens is 2. The quantitative estimate of drug-likeness (QED) is 0.877. The van der Waals surface area contributed by atoms with Gasteiger partial charge in [-0.15, -0.1) is 0 Å². The van der Waals surface area contributed by atoms with E-state index in [1.54, 1.807) is 24.2 Å². The fourth-order valence-electron chi connectivity index (χ4n) is 2.26. The Balaban J connectivity index is 2.17. The third-order valence-corrected chi connectivity index (χ3v) is 4.49. The molecule has 0 aromatic carbocycles. The van der Waals surface area contributed by atoms with Gasteiger partial charge in [0.25, 0.3) is 0 Å². The second-order valence-electron chi connectivity index (χ2n) is 5.52. The van der Waals surface area contributed by atoms with Gasteiger partial charge in [0.1, 0.15) is 5.03 Å². The number of nitrogens with zero attached hydrogens (tertiary/aromatic N) is 2. The molecular formula is C12H19N3OS. The minimum atomic E-state index is -0.169. The topological polar surface area (TPSA) is 61.0 Å². The zero-order valence-electron chi connectivity index (χ0n) is 10.7. The molecule has 2 N–H and O–H groups in total. The predicted molar refractivity (Wildman–Crippen MR) is 69.9 cm³/mol. The first-order valence-electron chi connectivity index (χ1n) is 5.73. The average molecular weight is 253 g/mol. The SMILES string of the molecule is CC1(C)CC(Sc2nccnc2N)C(C)(C)O1. The lowest BCUT2D eigenvalue weighted by atomic mass is 10.0. The summed E-state index contributed by atoms with van der Waals surface area (Å²) >= 11 is 1.66. The van der Waals surface area contributed by atoms with Gasteiger partial charge in [-0.05, 0) is 34.1 Å². The monoisotopic (exact) mass is 253 g/mol. The van der Waals surface area contributed by atoms with Crippen molar-refractivity contribution in [2.45, 2.75) is 55.6 Å². The zero-order valence-corrected chi connectivity index (χ0v) is 11.5. The number of rotatable bonds is 2. The Morgan fingerprint density at radius 3 is 2.47 bits per heavy atom. The highest BCUT2D eigenvalue weighted by Crippen LogP contribution is 2.46. The van der Waals surface area contributed by atoms with E-state index in [9.17, 15) is 0 Å². The van der Waals surface area contributed by atoms with E-state index in [0.29, 0.717) is 11.1 Å². The summed E-state index contributed by atoms with van der Waals surface area (Å²) in [7, 11) is 0. The number of hydrogen-bond acceptors (Lipinski definition) is 5. The Labute approximate surface area is 106 Å². The summed E-state index contributed by atoms with van der Waals surface area (Å²) in [5.74, 6) is 0.498. The molecule has 0 radical (unpaired) electrons. The van der Waals surface area contributed by atoms with Gasteiger partial charge in [-0.3, -0.25) is 0 Å². The minimum absolute atomic E-state index is 0.0852. The van der Waals surface area contributed by atoms with Crippen LogP contribution in [0.15, 0.2) is 17.4 Å². The molecule has 1 saturated heterocycles. The fraction of sp³-hybridized carbons (Fsp3) is 0.667. The number of anilines is 1. The second-order valence-corrected chi connectivity index (χ2v) is 6.71. The molecule has 0 saturated carbocycles. The molecule has 0 aliphatic carbocycles. The molecule has 0 amide bonds. The normalized spacial score (nSPS) is 26.0. The average Bonchev–Trinajstić information content (AvgIpc) is 2.38. The van der Waals surface area contributed by atoms with Crippen LogP contribution in [0.2, 0.25) is 0 Å². The summed E-state index contributed by atoms with van der Waals surface area (Å²) in [5, 5.41) is 1.14. The van der Waals surface area contributed by atoms with Crippen molar-refractivity contribution in [2.75, 3.05) is 5.73 Å². The largest absolute Gasteiger partial charge is 0.381 e. The highest BCUT2D eigenvalue weighted by atomic mass is 32.2. The highest BCUT2D eigenvalue weighted by Gasteiger charge is 2.46. The van der Waals surface area contributed by atoms with E-state index < -0.39 is 0 Å². The molecule has 4 nitrogen and oxygen atoms in total. The van der Waals surface area contributed by atoms with Gasteiger partial charge in [-0.1, -0.05) is 11.8 Å². The Hall–Kier alpha value is -0.810. The maximum atomic E-state index is 6.05. The van der Waals surface area contributed by atoms with Gasteiger partial charge in [0.2, 0.25) is 0 Å². The molecule has 1 fully saturated rings. The van der Waals surface area contributed by atoms with Crippen LogP contribution in [-0.4, -0.2) is 26.4 Å². The van der Waals surface area contributed by atoms with Crippen molar-refractivity contribution in [1.82, 2.24) is 9.97 Å². The number of thioether (sulfide) groups is 1. The summed E-state index contributed by atoms with van der Waals surface area (Å²) in [6, 6.07) is 0. The molecule has 1 aliphatic rings. The number of nitrogen functional groups attached to an aromatic ring is 1. The third kappa shape index (κ3) is 2.72. The molecular weight excluding hydrogens is 234 g/mol. The van der Waals surface area contributed by atoms with Crippen molar-refractivity contribution < 1.29 is 4.74 Å². The van der Waals surface area contributed by atoms with Crippen molar-refractivity contribution in [3.63, 3.8) is 0 Å². The van der Waals surface area contributed by atoms with E-state index in [1.165, 1.54) is 0 Å². The molecule has 0 spiro atoms. The van der Waals surface area contributed by atoms with Crippen molar-refractivity contribution >= 4 is 17.6 Å². The van der Waals surface area contributed by atoms with Gasteiger partial charge in [-0.2, -0.15) is 0 Å². The molecule has 1 aromatic rings.